The first-order valence-electron chi connectivity index (χ1n) is 3.78. The number of hydrogen-bond donors (Lipinski definition) is 2. The van der Waals surface area contributed by atoms with Crippen LogP contribution in [0.5, 0.6) is 0 Å². The average molecular weight is 187 g/mol. The molecular formula is C7H9NO5. The van der Waals surface area contributed by atoms with Crippen LogP contribution in [0, 0.1) is 0 Å². The third-order valence-electron chi connectivity index (χ3n) is 1.59. The largest absolute Gasteiger partial charge is 0.480 e. The van der Waals surface area contributed by atoms with E-state index < -0.39 is 30.5 Å². The zero-order valence-corrected chi connectivity index (χ0v) is 6.78. The number of amides is 1. The second-order valence-corrected chi connectivity index (χ2v) is 2.63. The minimum atomic E-state index is -1.13. The van der Waals surface area contributed by atoms with Gasteiger partial charge in [0, 0.05) is 12.8 Å². The van der Waals surface area contributed by atoms with Crippen LogP contribution in [0.15, 0.2) is 0 Å². The molecule has 0 aromatic carbocycles. The summed E-state index contributed by atoms with van der Waals surface area (Å²) in [5.74, 6) is -2.10. The predicted octanol–water partition coefficient (Wildman–Crippen LogP) is -1.11. The smallest absolute Gasteiger partial charge is 0.322 e. The molecule has 1 rings (SSSR count). The zero-order valence-electron chi connectivity index (χ0n) is 6.78. The first-order valence-corrected chi connectivity index (χ1v) is 3.78. The molecule has 0 spiro atoms. The molecule has 1 fully saturated rings. The minimum absolute atomic E-state index is 0.213. The summed E-state index contributed by atoms with van der Waals surface area (Å²) < 4.78 is 4.61. The molecule has 0 aromatic heterocycles. The highest BCUT2D eigenvalue weighted by Crippen LogP contribution is 2.13. The summed E-state index contributed by atoms with van der Waals surface area (Å²) >= 11 is 0. The SMILES string of the molecule is O=C(O)CNC(=O)C1CCC(=O)O1. The lowest BCUT2D eigenvalue weighted by Gasteiger charge is -2.07. The Morgan fingerprint density at radius 1 is 1.62 bits per heavy atom. The van der Waals surface area contributed by atoms with E-state index in [2.05, 4.69) is 10.1 Å². The van der Waals surface area contributed by atoms with E-state index in [1.54, 1.807) is 0 Å². The van der Waals surface area contributed by atoms with E-state index in [1.165, 1.54) is 0 Å². The van der Waals surface area contributed by atoms with Crippen molar-refractivity contribution in [1.29, 1.82) is 0 Å². The second kappa shape index (κ2) is 3.88. The Labute approximate surface area is 73.9 Å². The number of cyclic esters (lactones) is 1. The molecule has 0 saturated carbocycles. The quantitative estimate of drug-likeness (QED) is 0.546. The highest BCUT2D eigenvalue weighted by atomic mass is 16.6. The van der Waals surface area contributed by atoms with Gasteiger partial charge in [-0.15, -0.1) is 0 Å². The van der Waals surface area contributed by atoms with E-state index in [4.69, 9.17) is 5.11 Å². The molecule has 0 radical (unpaired) electrons. The molecule has 1 atom stereocenters. The van der Waals surface area contributed by atoms with Gasteiger partial charge in [-0.25, -0.2) is 0 Å². The summed E-state index contributed by atoms with van der Waals surface area (Å²) in [6, 6.07) is 0. The molecule has 2 N–H and O–H groups in total. The molecule has 72 valence electrons. The summed E-state index contributed by atoms with van der Waals surface area (Å²) in [4.78, 5) is 31.7. The Balaban J connectivity index is 2.31. The van der Waals surface area contributed by atoms with E-state index in [0.717, 1.165) is 0 Å². The number of ether oxygens (including phenoxy) is 1. The van der Waals surface area contributed by atoms with Crippen molar-refractivity contribution < 1.29 is 24.2 Å². The molecule has 1 heterocycles. The van der Waals surface area contributed by atoms with Gasteiger partial charge >= 0.3 is 11.9 Å². The van der Waals surface area contributed by atoms with Gasteiger partial charge in [0.2, 0.25) is 0 Å². The summed E-state index contributed by atoms with van der Waals surface area (Å²) in [5.41, 5.74) is 0. The summed E-state index contributed by atoms with van der Waals surface area (Å²) in [6.07, 6.45) is -0.276. The molecule has 1 amide bonds. The molecule has 6 nitrogen and oxygen atoms in total. The first kappa shape index (κ1) is 9.50. The van der Waals surface area contributed by atoms with Crippen LogP contribution in [0.4, 0.5) is 0 Å². The highest BCUT2D eigenvalue weighted by Gasteiger charge is 2.29. The van der Waals surface area contributed by atoms with Crippen molar-refractivity contribution in [3.05, 3.63) is 0 Å². The van der Waals surface area contributed by atoms with Crippen LogP contribution < -0.4 is 5.32 Å². The number of carboxylic acids is 1. The molecule has 6 heteroatoms. The van der Waals surface area contributed by atoms with E-state index >= 15 is 0 Å². The Hall–Kier alpha value is -1.59. The van der Waals surface area contributed by atoms with E-state index in [9.17, 15) is 14.4 Å². The van der Waals surface area contributed by atoms with Gasteiger partial charge in [0.1, 0.15) is 6.54 Å². The number of carbonyl (C=O) groups excluding carboxylic acids is 2. The Kier molecular flexibility index (Phi) is 2.84. The van der Waals surface area contributed by atoms with Gasteiger partial charge in [0.25, 0.3) is 5.91 Å². The number of hydrogen-bond acceptors (Lipinski definition) is 4. The minimum Gasteiger partial charge on any atom is -0.480 e. The summed E-state index contributed by atoms with van der Waals surface area (Å²) in [5, 5.41) is 10.4. The van der Waals surface area contributed by atoms with Gasteiger partial charge in [-0.05, 0) is 0 Å². The van der Waals surface area contributed by atoms with Crippen molar-refractivity contribution in [1.82, 2.24) is 5.32 Å². The molecule has 1 aliphatic heterocycles. The predicted molar refractivity (Wildman–Crippen MR) is 39.8 cm³/mol. The number of esters is 1. The van der Waals surface area contributed by atoms with Crippen molar-refractivity contribution in [3.63, 3.8) is 0 Å². The maximum absolute atomic E-state index is 11.0. The lowest BCUT2D eigenvalue weighted by atomic mass is 10.2. The molecule has 0 aromatic rings. The van der Waals surface area contributed by atoms with Gasteiger partial charge in [-0.2, -0.15) is 0 Å². The molecule has 1 saturated heterocycles. The lowest BCUT2D eigenvalue weighted by molar-refractivity contribution is -0.148. The zero-order chi connectivity index (χ0) is 9.84. The maximum Gasteiger partial charge on any atom is 0.322 e. The van der Waals surface area contributed by atoms with Crippen LogP contribution in [0.2, 0.25) is 0 Å². The van der Waals surface area contributed by atoms with E-state index in [0.29, 0.717) is 6.42 Å². The van der Waals surface area contributed by atoms with Gasteiger partial charge in [-0.1, -0.05) is 0 Å². The van der Waals surface area contributed by atoms with E-state index in [-0.39, 0.29) is 6.42 Å². The van der Waals surface area contributed by atoms with Crippen molar-refractivity contribution in [2.75, 3.05) is 6.54 Å². The molecule has 0 bridgehead atoms. The van der Waals surface area contributed by atoms with Crippen LogP contribution in [-0.2, 0) is 19.1 Å². The maximum atomic E-state index is 11.0. The summed E-state index contributed by atoms with van der Waals surface area (Å²) in [7, 11) is 0. The van der Waals surface area contributed by atoms with Crippen LogP contribution >= 0.6 is 0 Å². The topological polar surface area (TPSA) is 92.7 Å². The van der Waals surface area contributed by atoms with Gasteiger partial charge in [0.05, 0.1) is 0 Å². The molecular weight excluding hydrogens is 178 g/mol. The van der Waals surface area contributed by atoms with Gasteiger partial charge < -0.3 is 15.2 Å². The van der Waals surface area contributed by atoms with Crippen molar-refractivity contribution in [2.24, 2.45) is 0 Å². The Morgan fingerprint density at radius 3 is 2.77 bits per heavy atom. The molecule has 13 heavy (non-hydrogen) atoms. The standard InChI is InChI=1S/C7H9NO5/c9-5(10)3-8-7(12)4-1-2-6(11)13-4/h4H,1-3H2,(H,8,12)(H,9,10). The highest BCUT2D eigenvalue weighted by molar-refractivity contribution is 5.88. The lowest BCUT2D eigenvalue weighted by Crippen LogP contribution is -2.37. The third-order valence-corrected chi connectivity index (χ3v) is 1.59. The number of nitrogens with one attached hydrogen (secondary N) is 1. The van der Waals surface area contributed by atoms with Crippen LogP contribution in [-0.4, -0.2) is 35.6 Å². The Bertz CT molecular complexity index is 249. The van der Waals surface area contributed by atoms with Gasteiger partial charge in [0.15, 0.2) is 6.10 Å². The summed E-state index contributed by atoms with van der Waals surface area (Å²) in [6.45, 7) is -0.452. The van der Waals surface area contributed by atoms with Crippen molar-refractivity contribution in [2.45, 2.75) is 18.9 Å². The number of carbonyl (C=O) groups is 3. The van der Waals surface area contributed by atoms with Gasteiger partial charge in [-0.3, -0.25) is 14.4 Å². The molecule has 1 unspecified atom stereocenters. The fraction of sp³-hybridized carbons (Fsp3) is 0.571. The van der Waals surface area contributed by atoms with Crippen molar-refractivity contribution in [3.8, 4) is 0 Å². The third kappa shape index (κ3) is 2.73. The van der Waals surface area contributed by atoms with Crippen molar-refractivity contribution >= 4 is 17.8 Å². The fourth-order valence-electron chi connectivity index (χ4n) is 0.987. The average Bonchev–Trinajstić information content (AvgIpc) is 2.47. The Morgan fingerprint density at radius 2 is 2.31 bits per heavy atom. The number of rotatable bonds is 3. The van der Waals surface area contributed by atoms with E-state index in [1.807, 2.05) is 0 Å². The fourth-order valence-corrected chi connectivity index (χ4v) is 0.987. The number of aliphatic carboxylic acids is 1. The van der Waals surface area contributed by atoms with Crippen LogP contribution in [0.3, 0.4) is 0 Å². The van der Waals surface area contributed by atoms with Crippen LogP contribution in [0.25, 0.3) is 0 Å². The number of carboxylic acid groups (broad SMARTS) is 1. The monoisotopic (exact) mass is 187 g/mol. The molecule has 1 aliphatic rings. The molecule has 0 aliphatic carbocycles. The first-order chi connectivity index (χ1) is 6.09. The normalized spacial score (nSPS) is 20.9. The second-order valence-electron chi connectivity index (χ2n) is 2.63. The van der Waals surface area contributed by atoms with Crippen LogP contribution in [0.1, 0.15) is 12.8 Å².